The van der Waals surface area contributed by atoms with E-state index >= 15 is 0 Å². The second-order valence-corrected chi connectivity index (χ2v) is 12.2. The largest absolute Gasteiger partial charge is 0.811 e. The third-order valence-corrected chi connectivity index (χ3v) is 6.95. The van der Waals surface area contributed by atoms with E-state index in [1.54, 1.807) is 6.08 Å². The van der Waals surface area contributed by atoms with E-state index in [1.807, 2.05) is 0 Å². The average molecular weight is 437 g/mol. The molecule has 0 spiro atoms. The molecule has 0 bridgehead atoms. The summed E-state index contributed by atoms with van der Waals surface area (Å²) in [5.74, 6) is -0.646. The molecule has 1 saturated carbocycles. The molecule has 0 aromatic heterocycles. The number of hydrogen-bond acceptors (Lipinski definition) is 9. The quantitative estimate of drug-likeness (QED) is 0.505. The second-order valence-electron chi connectivity index (χ2n) is 6.72. The minimum absolute atomic E-state index is 0.0994. The van der Waals surface area contributed by atoms with Crippen LogP contribution >= 0.6 is 14.1 Å². The molecule has 27 heavy (non-hydrogen) atoms. The molecule has 13 heteroatoms. The van der Waals surface area contributed by atoms with Crippen LogP contribution in [0.5, 0.6) is 0 Å². The molecule has 0 aromatic carbocycles. The number of amides is 2. The van der Waals surface area contributed by atoms with E-state index in [2.05, 4.69) is 11.9 Å². The number of hydrogen-bond donors (Lipinski definition) is 1. The number of rotatable bonds is 6. The van der Waals surface area contributed by atoms with Crippen molar-refractivity contribution >= 4 is 31.9 Å². The average Bonchev–Trinajstić information content (AvgIpc) is 3.24. The lowest BCUT2D eigenvalue weighted by Gasteiger charge is -2.34. The summed E-state index contributed by atoms with van der Waals surface area (Å²) < 4.78 is 28.1. The Morgan fingerprint density at radius 3 is 2.56 bits per heavy atom. The summed E-state index contributed by atoms with van der Waals surface area (Å²) in [5.41, 5.74) is -0.714. The van der Waals surface area contributed by atoms with Gasteiger partial charge in [-0.15, -0.1) is 0 Å². The molecule has 3 aliphatic rings. The van der Waals surface area contributed by atoms with Crippen molar-refractivity contribution < 1.29 is 38.0 Å². The van der Waals surface area contributed by atoms with Crippen molar-refractivity contribution in [2.24, 2.45) is 5.92 Å². The minimum Gasteiger partial charge on any atom is -0.811 e. The number of ether oxygens (including phenoxy) is 2. The van der Waals surface area contributed by atoms with Gasteiger partial charge in [0.05, 0.1) is 6.10 Å². The van der Waals surface area contributed by atoms with Crippen LogP contribution in [0.1, 0.15) is 6.42 Å². The molecule has 7 atom stereocenters. The van der Waals surface area contributed by atoms with Crippen molar-refractivity contribution in [1.29, 1.82) is 0 Å². The molecular weight excluding hydrogens is 418 g/mol. The molecule has 2 amide bonds. The van der Waals surface area contributed by atoms with Crippen LogP contribution in [0, 0.1) is 5.92 Å². The fraction of sp³-hybridized carbons (Fsp3) is 0.643. The monoisotopic (exact) mass is 437 g/mol. The molecule has 7 unspecified atom stereocenters. The van der Waals surface area contributed by atoms with E-state index in [1.165, 1.54) is 24.9 Å². The first-order valence-corrected chi connectivity index (χ1v) is 12.8. The van der Waals surface area contributed by atoms with Gasteiger partial charge in [0.1, 0.15) is 12.2 Å². The van der Waals surface area contributed by atoms with Gasteiger partial charge in [0.25, 0.3) is 0 Å². The molecule has 152 valence electrons. The fourth-order valence-electron chi connectivity index (χ4n) is 3.42. The number of nitrogens with zero attached hydrogens (tertiary/aromatic N) is 1. The maximum Gasteiger partial charge on any atom is 0.328 e. The van der Waals surface area contributed by atoms with Gasteiger partial charge in [-0.2, -0.15) is 0 Å². The predicted molar refractivity (Wildman–Crippen MR) is 92.7 cm³/mol. The Kier molecular flexibility index (Phi) is 5.73. The maximum atomic E-state index is 12.3. The number of urea groups is 1. The first-order chi connectivity index (χ1) is 12.4. The summed E-state index contributed by atoms with van der Waals surface area (Å²) in [7, 11) is -3.45. The van der Waals surface area contributed by atoms with Crippen LogP contribution in [0.15, 0.2) is 24.6 Å². The molecule has 2 aliphatic heterocycles. The summed E-state index contributed by atoms with van der Waals surface area (Å²) in [4.78, 5) is 48.2. The molecule has 3 rings (SSSR count). The topological polar surface area (TPSA) is 146 Å². The lowest BCUT2D eigenvalue weighted by Crippen LogP contribution is -2.50. The van der Waals surface area contributed by atoms with Gasteiger partial charge in [0.2, 0.25) is 0 Å². The molecule has 1 saturated heterocycles. The van der Waals surface area contributed by atoms with E-state index in [0.29, 0.717) is 5.70 Å². The zero-order chi connectivity index (χ0) is 20.1. The van der Waals surface area contributed by atoms with Gasteiger partial charge < -0.3 is 38.6 Å². The maximum absolute atomic E-state index is 12.3. The first-order valence-electron chi connectivity index (χ1n) is 8.05. The summed E-state index contributed by atoms with van der Waals surface area (Å²) in [6.45, 7) is 1.43. The van der Waals surface area contributed by atoms with E-state index in [4.69, 9.17) is 25.8 Å². The second kappa shape index (κ2) is 7.33. The van der Waals surface area contributed by atoms with Crippen LogP contribution in [0.25, 0.3) is 0 Å². The van der Waals surface area contributed by atoms with Gasteiger partial charge in [-0.3, -0.25) is 4.90 Å². The number of carbonyl (C=O) groups excluding carboxylic acids is 1. The summed E-state index contributed by atoms with van der Waals surface area (Å²) in [6.07, 6.45) is -0.719. The third-order valence-electron chi connectivity index (χ3n) is 4.66. The van der Waals surface area contributed by atoms with Gasteiger partial charge in [-0.05, 0) is 37.2 Å². The summed E-state index contributed by atoms with van der Waals surface area (Å²) in [5, 5.41) is 2.52. The molecule has 2 heterocycles. The Morgan fingerprint density at radius 1 is 1.41 bits per heavy atom. The predicted octanol–water partition coefficient (Wildman–Crippen LogP) is -1.23. The van der Waals surface area contributed by atoms with Crippen molar-refractivity contribution in [2.75, 3.05) is 13.8 Å². The zero-order valence-electron chi connectivity index (χ0n) is 14.5. The Hall–Kier alpha value is -0.610. The van der Waals surface area contributed by atoms with E-state index in [9.17, 15) is 24.0 Å². The Morgan fingerprint density at radius 2 is 2.07 bits per heavy atom. The highest BCUT2D eigenvalue weighted by Gasteiger charge is 2.58. The summed E-state index contributed by atoms with van der Waals surface area (Å²) in [6, 6.07) is -0.530. The van der Waals surface area contributed by atoms with Crippen molar-refractivity contribution in [3.63, 3.8) is 0 Å². The lowest BCUT2D eigenvalue weighted by atomic mass is 10.1. The molecule has 1 N–H and O–H groups in total. The van der Waals surface area contributed by atoms with Crippen LogP contribution in [0.4, 0.5) is 4.79 Å². The van der Waals surface area contributed by atoms with Crippen molar-refractivity contribution in [2.45, 2.75) is 36.6 Å². The molecule has 1 aliphatic carbocycles. The number of carbonyl (C=O) groups is 1. The van der Waals surface area contributed by atoms with Crippen LogP contribution in [0.3, 0.4) is 0 Å². The Balaban J connectivity index is 1.89. The molecular formula is C14H19N2O8P2S-3. The van der Waals surface area contributed by atoms with Crippen LogP contribution < -0.4 is 20.0 Å². The Bertz CT molecular complexity index is 764. The normalized spacial score (nSPS) is 38.6. The van der Waals surface area contributed by atoms with Crippen molar-refractivity contribution in [3.05, 3.63) is 24.6 Å². The summed E-state index contributed by atoms with van der Waals surface area (Å²) >= 11 is 4.84. The fourth-order valence-corrected chi connectivity index (χ4v) is 5.54. The molecule has 10 nitrogen and oxygen atoms in total. The number of nitrogens with one attached hydrogen (secondary N) is 1. The number of allylic oxidation sites excluding steroid dienone is 1. The van der Waals surface area contributed by atoms with Crippen LogP contribution in [-0.2, 0) is 30.4 Å². The van der Waals surface area contributed by atoms with E-state index in [-0.39, 0.29) is 6.42 Å². The minimum atomic E-state index is -4.80. The smallest absolute Gasteiger partial charge is 0.328 e. The Labute approximate surface area is 161 Å². The highest BCUT2D eigenvalue weighted by atomic mass is 32.5. The SMILES string of the molecule is C=C1C=CN(C2OC(C3CC3P(=O)([O-])[O-])C(OP(C)([O-])=S)C2OC)C(=O)N1. The van der Waals surface area contributed by atoms with Gasteiger partial charge in [-0.1, -0.05) is 26.0 Å². The lowest BCUT2D eigenvalue weighted by molar-refractivity contribution is -0.314. The highest BCUT2D eigenvalue weighted by molar-refractivity contribution is 8.08. The van der Waals surface area contributed by atoms with Gasteiger partial charge >= 0.3 is 6.03 Å². The van der Waals surface area contributed by atoms with Gasteiger partial charge in [0, 0.05) is 19.0 Å². The number of methoxy groups -OCH3 is 1. The van der Waals surface area contributed by atoms with Crippen molar-refractivity contribution in [1.82, 2.24) is 10.2 Å². The van der Waals surface area contributed by atoms with E-state index in [0.717, 1.165) is 0 Å². The highest BCUT2D eigenvalue weighted by Crippen LogP contribution is 2.58. The van der Waals surface area contributed by atoms with Crippen molar-refractivity contribution in [3.8, 4) is 0 Å². The molecule has 0 radical (unpaired) electrons. The van der Waals surface area contributed by atoms with Crippen LogP contribution in [0.2, 0.25) is 0 Å². The van der Waals surface area contributed by atoms with Gasteiger partial charge in [0.15, 0.2) is 6.23 Å². The standard InChI is InChI=1S/C14H22N2O8P2S/c1-7-4-5-16(14(17)15-7)13-12(22-2)11(24-25(3,18)27)10(23-13)8-6-9(8)26(19,20)21/h4-5,8-13H,1,6H2,2-3H3,(H,15,17)(H,18,27)(H2,19,20,21)/p-3. The van der Waals surface area contributed by atoms with Crippen LogP contribution in [-0.4, -0.2) is 54.9 Å². The third kappa shape index (κ3) is 4.53. The zero-order valence-corrected chi connectivity index (χ0v) is 17.2. The molecule has 0 aromatic rings. The molecule has 2 fully saturated rings. The van der Waals surface area contributed by atoms with E-state index < -0.39 is 56.2 Å². The van der Waals surface area contributed by atoms with Gasteiger partial charge in [-0.25, -0.2) is 4.79 Å². The first kappa shape index (κ1) is 21.1.